The molecule has 2 aromatic carbocycles. The van der Waals surface area contributed by atoms with Crippen LogP contribution < -0.4 is 10.0 Å². The molecule has 1 heterocycles. The van der Waals surface area contributed by atoms with Gasteiger partial charge in [-0.1, -0.05) is 37.2 Å². The fraction of sp³-hybridized carbons (Fsp3) is 0.250. The van der Waals surface area contributed by atoms with Gasteiger partial charge in [0.05, 0.1) is 17.1 Å². The Labute approximate surface area is 199 Å². The molecule has 0 bridgehead atoms. The quantitative estimate of drug-likeness (QED) is 0.392. The van der Waals surface area contributed by atoms with Crippen molar-refractivity contribution in [1.82, 2.24) is 10.3 Å². The number of pyridine rings is 1. The van der Waals surface area contributed by atoms with E-state index in [1.807, 2.05) is 24.3 Å². The van der Waals surface area contributed by atoms with Crippen LogP contribution in [0.25, 0.3) is 0 Å². The predicted octanol–water partition coefficient (Wildman–Crippen LogP) is 4.36. The molecule has 0 saturated carbocycles. The van der Waals surface area contributed by atoms with Gasteiger partial charge in [-0.05, 0) is 60.5 Å². The number of aryl methyl sites for hydroxylation is 1. The normalized spacial score (nSPS) is 11.2. The zero-order valence-electron chi connectivity index (χ0n) is 18.6. The Morgan fingerprint density at radius 1 is 1.03 bits per heavy atom. The molecule has 9 heteroatoms. The molecule has 1 aromatic heterocycles. The minimum Gasteiger partial charge on any atom is -0.383 e. The number of rotatable bonds is 11. The third-order valence-corrected chi connectivity index (χ3v) is 7.05. The van der Waals surface area contributed by atoms with E-state index in [1.54, 1.807) is 43.5 Å². The second kappa shape index (κ2) is 11.8. The van der Waals surface area contributed by atoms with Gasteiger partial charge >= 0.3 is 0 Å². The van der Waals surface area contributed by atoms with Crippen LogP contribution in [0.15, 0.2) is 81.7 Å². The lowest BCUT2D eigenvalue weighted by atomic mass is 10.1. The number of amides is 1. The van der Waals surface area contributed by atoms with Crippen LogP contribution in [-0.2, 0) is 21.2 Å². The third-order valence-electron chi connectivity index (χ3n) is 4.69. The SMILES string of the molecule is CCCc1ccc(S(=O)(=O)Nc2ccc(Sc3ccc(C(=O)NCCOC)cn3)cc2)cc1. The fourth-order valence-electron chi connectivity index (χ4n) is 2.99. The summed E-state index contributed by atoms with van der Waals surface area (Å²) in [6.07, 6.45) is 3.46. The van der Waals surface area contributed by atoms with Crippen LogP contribution in [0.4, 0.5) is 5.69 Å². The van der Waals surface area contributed by atoms with Gasteiger partial charge in [0.15, 0.2) is 0 Å². The molecular weight excluding hydrogens is 458 g/mol. The van der Waals surface area contributed by atoms with Gasteiger partial charge in [-0.25, -0.2) is 13.4 Å². The van der Waals surface area contributed by atoms with Gasteiger partial charge in [0.1, 0.15) is 5.03 Å². The standard InChI is InChI=1S/C24H27N3O4S2/c1-3-4-18-5-12-22(13-6-18)33(29,30)27-20-8-10-21(11-9-20)32-23-14-7-19(17-26-23)24(28)25-15-16-31-2/h5-14,17,27H,3-4,15-16H2,1-2H3,(H,25,28). The van der Waals surface area contributed by atoms with Crippen molar-refractivity contribution >= 4 is 33.4 Å². The Bertz CT molecular complexity index is 1150. The van der Waals surface area contributed by atoms with Crippen molar-refractivity contribution < 1.29 is 17.9 Å². The highest BCUT2D eigenvalue weighted by Crippen LogP contribution is 2.28. The third kappa shape index (κ3) is 7.31. The Balaban J connectivity index is 1.59. The number of hydrogen-bond donors (Lipinski definition) is 2. The number of benzene rings is 2. The van der Waals surface area contributed by atoms with Gasteiger partial charge in [0.25, 0.3) is 15.9 Å². The lowest BCUT2D eigenvalue weighted by Gasteiger charge is -2.10. The van der Waals surface area contributed by atoms with E-state index in [0.717, 1.165) is 28.3 Å². The monoisotopic (exact) mass is 485 g/mol. The van der Waals surface area contributed by atoms with E-state index in [-0.39, 0.29) is 10.8 Å². The highest BCUT2D eigenvalue weighted by atomic mass is 32.2. The molecule has 0 saturated heterocycles. The second-order valence-corrected chi connectivity index (χ2v) is 10.0. The smallest absolute Gasteiger partial charge is 0.261 e. The fourth-order valence-corrected chi connectivity index (χ4v) is 4.81. The molecule has 174 valence electrons. The maximum atomic E-state index is 12.7. The highest BCUT2D eigenvalue weighted by Gasteiger charge is 2.14. The van der Waals surface area contributed by atoms with Crippen LogP contribution in [-0.4, -0.2) is 39.6 Å². The van der Waals surface area contributed by atoms with Crippen LogP contribution in [0.2, 0.25) is 0 Å². The summed E-state index contributed by atoms with van der Waals surface area (Å²) < 4.78 is 32.8. The summed E-state index contributed by atoms with van der Waals surface area (Å²) in [7, 11) is -2.08. The molecule has 2 N–H and O–H groups in total. The average molecular weight is 486 g/mol. The lowest BCUT2D eigenvalue weighted by molar-refractivity contribution is 0.0936. The number of carbonyl (C=O) groups excluding carboxylic acids is 1. The minimum absolute atomic E-state index is 0.201. The van der Waals surface area contributed by atoms with E-state index in [2.05, 4.69) is 21.9 Å². The summed E-state index contributed by atoms with van der Waals surface area (Å²) in [5, 5.41) is 3.47. The molecule has 3 rings (SSSR count). The van der Waals surface area contributed by atoms with Crippen molar-refractivity contribution in [1.29, 1.82) is 0 Å². The van der Waals surface area contributed by atoms with E-state index in [4.69, 9.17) is 4.74 Å². The first kappa shape index (κ1) is 24.8. The molecular formula is C24H27N3O4S2. The molecule has 0 spiro atoms. The van der Waals surface area contributed by atoms with E-state index in [0.29, 0.717) is 24.4 Å². The number of ether oxygens (including phenoxy) is 1. The Morgan fingerprint density at radius 3 is 2.36 bits per heavy atom. The molecule has 1 amide bonds. The summed E-state index contributed by atoms with van der Waals surface area (Å²) in [6, 6.07) is 17.5. The number of nitrogens with zero attached hydrogens (tertiary/aromatic N) is 1. The first-order valence-electron chi connectivity index (χ1n) is 10.5. The molecule has 0 aliphatic rings. The van der Waals surface area contributed by atoms with E-state index < -0.39 is 10.0 Å². The number of methoxy groups -OCH3 is 1. The number of carbonyl (C=O) groups is 1. The Kier molecular flexibility index (Phi) is 8.87. The molecule has 0 radical (unpaired) electrons. The number of aromatic nitrogens is 1. The molecule has 0 atom stereocenters. The van der Waals surface area contributed by atoms with Crippen LogP contribution >= 0.6 is 11.8 Å². The predicted molar refractivity (Wildman–Crippen MR) is 130 cm³/mol. The van der Waals surface area contributed by atoms with Gasteiger partial charge in [0, 0.05) is 30.4 Å². The van der Waals surface area contributed by atoms with Crippen LogP contribution in [0.1, 0.15) is 29.3 Å². The van der Waals surface area contributed by atoms with Crippen LogP contribution in [0.3, 0.4) is 0 Å². The van der Waals surface area contributed by atoms with Crippen molar-refractivity contribution in [3.05, 3.63) is 78.0 Å². The lowest BCUT2D eigenvalue weighted by Crippen LogP contribution is -2.26. The van der Waals surface area contributed by atoms with E-state index >= 15 is 0 Å². The Hall–Kier alpha value is -2.88. The van der Waals surface area contributed by atoms with Gasteiger partial charge in [-0.2, -0.15) is 0 Å². The van der Waals surface area contributed by atoms with Crippen LogP contribution in [0, 0.1) is 0 Å². The van der Waals surface area contributed by atoms with Gasteiger partial charge in [-0.3, -0.25) is 9.52 Å². The topological polar surface area (TPSA) is 97.4 Å². The maximum absolute atomic E-state index is 12.7. The largest absolute Gasteiger partial charge is 0.383 e. The summed E-state index contributed by atoms with van der Waals surface area (Å²) in [4.78, 5) is 17.5. The summed E-state index contributed by atoms with van der Waals surface area (Å²) in [5.41, 5.74) is 2.07. The molecule has 33 heavy (non-hydrogen) atoms. The van der Waals surface area contributed by atoms with Gasteiger partial charge < -0.3 is 10.1 Å². The van der Waals surface area contributed by atoms with Gasteiger partial charge in [0.2, 0.25) is 0 Å². The molecule has 0 fully saturated rings. The molecule has 0 aliphatic heterocycles. The summed E-state index contributed by atoms with van der Waals surface area (Å²) in [5.74, 6) is -0.201. The Morgan fingerprint density at radius 2 is 1.76 bits per heavy atom. The molecule has 7 nitrogen and oxygen atoms in total. The zero-order chi connectivity index (χ0) is 23.7. The van der Waals surface area contributed by atoms with Crippen molar-refractivity contribution in [2.45, 2.75) is 34.6 Å². The van der Waals surface area contributed by atoms with Crippen molar-refractivity contribution in [3.8, 4) is 0 Å². The molecule has 0 unspecified atom stereocenters. The maximum Gasteiger partial charge on any atom is 0.261 e. The number of anilines is 1. The average Bonchev–Trinajstić information content (AvgIpc) is 2.81. The number of nitrogens with one attached hydrogen (secondary N) is 2. The van der Waals surface area contributed by atoms with Gasteiger partial charge in [-0.15, -0.1) is 0 Å². The zero-order valence-corrected chi connectivity index (χ0v) is 20.2. The second-order valence-electron chi connectivity index (χ2n) is 7.26. The number of sulfonamides is 1. The van der Waals surface area contributed by atoms with E-state index in [1.165, 1.54) is 18.0 Å². The van der Waals surface area contributed by atoms with Crippen LogP contribution in [0.5, 0.6) is 0 Å². The first-order chi connectivity index (χ1) is 15.9. The molecule has 3 aromatic rings. The van der Waals surface area contributed by atoms with Crippen molar-refractivity contribution in [2.75, 3.05) is 25.0 Å². The van der Waals surface area contributed by atoms with Crippen molar-refractivity contribution in [3.63, 3.8) is 0 Å². The summed E-state index contributed by atoms with van der Waals surface area (Å²) >= 11 is 1.42. The van der Waals surface area contributed by atoms with Crippen molar-refractivity contribution in [2.24, 2.45) is 0 Å². The highest BCUT2D eigenvalue weighted by molar-refractivity contribution is 7.99. The minimum atomic E-state index is -3.65. The first-order valence-corrected chi connectivity index (χ1v) is 12.8. The molecule has 0 aliphatic carbocycles. The number of hydrogen-bond acceptors (Lipinski definition) is 6. The van der Waals surface area contributed by atoms with E-state index in [9.17, 15) is 13.2 Å². The summed E-state index contributed by atoms with van der Waals surface area (Å²) in [6.45, 7) is 2.97.